The molecule has 142 valence electrons. The molecule has 0 atom stereocenters. The summed E-state index contributed by atoms with van der Waals surface area (Å²) >= 11 is 0. The lowest BCUT2D eigenvalue weighted by atomic mass is 9.97. The van der Waals surface area contributed by atoms with Crippen LogP contribution in [-0.2, 0) is 13.6 Å². The molecular formula is C24H20N4O. The van der Waals surface area contributed by atoms with Crippen molar-refractivity contribution < 1.29 is 4.79 Å². The van der Waals surface area contributed by atoms with Crippen LogP contribution in [0.15, 0.2) is 72.6 Å². The minimum absolute atomic E-state index is 0.0918. The lowest BCUT2D eigenvalue weighted by Gasteiger charge is -2.10. The molecule has 0 aliphatic carbocycles. The second-order valence-electron chi connectivity index (χ2n) is 6.80. The Bertz CT molecular complexity index is 1270. The number of rotatable bonds is 5. The van der Waals surface area contributed by atoms with E-state index in [2.05, 4.69) is 22.7 Å². The van der Waals surface area contributed by atoms with Crippen molar-refractivity contribution in [2.45, 2.75) is 13.5 Å². The van der Waals surface area contributed by atoms with Crippen LogP contribution in [0.5, 0.6) is 0 Å². The zero-order valence-electron chi connectivity index (χ0n) is 16.3. The lowest BCUT2D eigenvalue weighted by molar-refractivity contribution is 0.104. The second-order valence-corrected chi connectivity index (χ2v) is 6.80. The maximum atomic E-state index is 13.6. The van der Waals surface area contributed by atoms with Crippen LogP contribution in [0.25, 0.3) is 28.2 Å². The summed E-state index contributed by atoms with van der Waals surface area (Å²) in [6.45, 7) is 2.77. The average molecular weight is 380 g/mol. The van der Waals surface area contributed by atoms with Crippen LogP contribution < -0.4 is 0 Å². The highest BCUT2D eigenvalue weighted by atomic mass is 16.1. The average Bonchev–Trinajstić information content (AvgIpc) is 3.32. The van der Waals surface area contributed by atoms with Crippen LogP contribution in [-0.4, -0.2) is 20.1 Å². The van der Waals surface area contributed by atoms with Crippen molar-refractivity contribution in [1.29, 1.82) is 5.26 Å². The van der Waals surface area contributed by atoms with Gasteiger partial charge in [0.05, 0.1) is 17.5 Å². The van der Waals surface area contributed by atoms with Gasteiger partial charge in [0, 0.05) is 36.3 Å². The highest BCUT2D eigenvalue weighted by Crippen LogP contribution is 2.35. The predicted molar refractivity (Wildman–Crippen MR) is 114 cm³/mol. The van der Waals surface area contributed by atoms with Crippen LogP contribution in [0.4, 0.5) is 0 Å². The Balaban J connectivity index is 1.98. The van der Waals surface area contributed by atoms with E-state index in [1.54, 1.807) is 30.2 Å². The summed E-state index contributed by atoms with van der Waals surface area (Å²) < 4.78 is 3.78. The number of fused-ring (bicyclic) bond motifs is 1. The molecule has 0 N–H and O–H groups in total. The number of nitrogens with zero attached hydrogens (tertiary/aromatic N) is 4. The van der Waals surface area contributed by atoms with Crippen LogP contribution in [0.3, 0.4) is 0 Å². The van der Waals surface area contributed by atoms with E-state index in [-0.39, 0.29) is 11.4 Å². The predicted octanol–water partition coefficient (Wildman–Crippen LogP) is 4.85. The summed E-state index contributed by atoms with van der Waals surface area (Å²) in [5, 5.41) is 14.7. The number of hydrogen-bond donors (Lipinski definition) is 0. The maximum Gasteiger partial charge on any atom is 0.206 e. The van der Waals surface area contributed by atoms with Gasteiger partial charge in [0.2, 0.25) is 5.78 Å². The van der Waals surface area contributed by atoms with Crippen molar-refractivity contribution >= 4 is 22.8 Å². The molecule has 0 amide bonds. The molecule has 0 saturated heterocycles. The number of aromatic nitrogens is 3. The largest absolute Gasteiger partial charge is 0.340 e. The Morgan fingerprint density at radius 1 is 1.14 bits per heavy atom. The first-order chi connectivity index (χ1) is 14.1. The van der Waals surface area contributed by atoms with Gasteiger partial charge in [0.15, 0.2) is 0 Å². The van der Waals surface area contributed by atoms with Gasteiger partial charge in [-0.25, -0.2) is 0 Å². The summed E-state index contributed by atoms with van der Waals surface area (Å²) in [4.78, 5) is 13.6. The maximum absolute atomic E-state index is 13.6. The quantitative estimate of drug-likeness (QED) is 0.282. The fourth-order valence-corrected chi connectivity index (χ4v) is 3.72. The number of carbonyl (C=O) groups is 1. The van der Waals surface area contributed by atoms with Crippen LogP contribution >= 0.6 is 0 Å². The minimum atomic E-state index is -0.279. The molecule has 0 radical (unpaired) electrons. The van der Waals surface area contributed by atoms with Gasteiger partial charge in [-0.3, -0.25) is 9.48 Å². The molecule has 2 heterocycles. The van der Waals surface area contributed by atoms with Gasteiger partial charge in [0.1, 0.15) is 11.6 Å². The zero-order chi connectivity index (χ0) is 20.4. The summed E-state index contributed by atoms with van der Waals surface area (Å²) in [5.74, 6) is -0.279. The summed E-state index contributed by atoms with van der Waals surface area (Å²) in [6.07, 6.45) is 5.01. The Morgan fingerprint density at radius 3 is 2.52 bits per heavy atom. The molecule has 0 bridgehead atoms. The third-order valence-electron chi connectivity index (χ3n) is 4.96. The van der Waals surface area contributed by atoms with Gasteiger partial charge in [-0.1, -0.05) is 48.5 Å². The van der Waals surface area contributed by atoms with E-state index in [0.717, 1.165) is 27.7 Å². The fourth-order valence-electron chi connectivity index (χ4n) is 3.72. The normalized spacial score (nSPS) is 11.6. The number of ketones is 1. The van der Waals surface area contributed by atoms with E-state index in [4.69, 9.17) is 0 Å². The molecule has 29 heavy (non-hydrogen) atoms. The van der Waals surface area contributed by atoms with Crippen molar-refractivity contribution in [2.24, 2.45) is 7.05 Å². The molecule has 0 saturated carbocycles. The molecule has 2 aromatic carbocycles. The minimum Gasteiger partial charge on any atom is -0.340 e. The molecule has 0 spiro atoms. The molecule has 0 aliphatic rings. The van der Waals surface area contributed by atoms with Crippen molar-refractivity contribution in [1.82, 2.24) is 14.3 Å². The molecule has 0 fully saturated rings. The molecular weight excluding hydrogens is 360 g/mol. The monoisotopic (exact) mass is 380 g/mol. The Morgan fingerprint density at radius 2 is 1.86 bits per heavy atom. The summed E-state index contributed by atoms with van der Waals surface area (Å²) in [7, 11) is 1.80. The molecule has 5 nitrogen and oxygen atoms in total. The smallest absolute Gasteiger partial charge is 0.206 e. The van der Waals surface area contributed by atoms with Gasteiger partial charge in [-0.05, 0) is 24.6 Å². The van der Waals surface area contributed by atoms with Crippen molar-refractivity contribution in [2.75, 3.05) is 0 Å². The fraction of sp³-hybridized carbons (Fsp3) is 0.125. The number of para-hydroxylation sites is 1. The van der Waals surface area contributed by atoms with Crippen molar-refractivity contribution in [3.05, 3.63) is 83.7 Å². The van der Waals surface area contributed by atoms with E-state index >= 15 is 0 Å². The van der Waals surface area contributed by atoms with Gasteiger partial charge in [-0.15, -0.1) is 0 Å². The third-order valence-corrected chi connectivity index (χ3v) is 4.96. The van der Waals surface area contributed by atoms with Gasteiger partial charge >= 0.3 is 0 Å². The standard InChI is InChI=1S/C24H20N4O/c1-3-28-21-12-8-7-11-20(21)22(23(28)18-9-5-4-6-10-18)24(29)19(14-25)13-17-15-26-27(2)16-17/h4-13,15-16H,3H2,1-2H3/b19-13+. The van der Waals surface area contributed by atoms with Crippen LogP contribution in [0, 0.1) is 11.3 Å². The second kappa shape index (κ2) is 7.61. The number of carbonyl (C=O) groups excluding carboxylic acids is 1. The number of allylic oxidation sites excluding steroid dienone is 1. The zero-order valence-corrected chi connectivity index (χ0v) is 16.3. The lowest BCUT2D eigenvalue weighted by Crippen LogP contribution is -2.05. The Hall–Kier alpha value is -3.91. The number of hydrogen-bond acceptors (Lipinski definition) is 3. The first kappa shape index (κ1) is 18.5. The number of aryl methyl sites for hydroxylation is 2. The number of nitriles is 1. The van der Waals surface area contributed by atoms with Crippen LogP contribution in [0.1, 0.15) is 22.8 Å². The SMILES string of the molecule is CCn1c(-c2ccccc2)c(C(=O)/C(C#N)=C/c2cnn(C)c2)c2ccccc21. The molecule has 4 aromatic rings. The Kier molecular flexibility index (Phi) is 4.84. The van der Waals surface area contributed by atoms with Gasteiger partial charge in [-0.2, -0.15) is 10.4 Å². The summed E-state index contributed by atoms with van der Waals surface area (Å²) in [6, 6.07) is 19.8. The summed E-state index contributed by atoms with van der Waals surface area (Å²) in [5.41, 5.74) is 4.15. The van der Waals surface area contributed by atoms with Gasteiger partial charge in [0.25, 0.3) is 0 Å². The highest BCUT2D eigenvalue weighted by Gasteiger charge is 2.25. The van der Waals surface area contributed by atoms with E-state index in [0.29, 0.717) is 12.1 Å². The topological polar surface area (TPSA) is 63.6 Å². The van der Waals surface area contributed by atoms with Gasteiger partial charge < -0.3 is 4.57 Å². The highest BCUT2D eigenvalue weighted by molar-refractivity contribution is 6.23. The molecule has 0 unspecified atom stereocenters. The molecule has 5 heteroatoms. The third kappa shape index (κ3) is 3.26. The first-order valence-corrected chi connectivity index (χ1v) is 9.45. The van der Waals surface area contributed by atoms with E-state index in [1.165, 1.54) is 0 Å². The number of benzene rings is 2. The van der Waals surface area contributed by atoms with E-state index < -0.39 is 0 Å². The number of Topliss-reactive ketones (excluding diaryl/α,β-unsaturated/α-hetero) is 1. The molecule has 0 aliphatic heterocycles. The van der Waals surface area contributed by atoms with Crippen molar-refractivity contribution in [3.63, 3.8) is 0 Å². The van der Waals surface area contributed by atoms with Crippen molar-refractivity contribution in [3.8, 4) is 17.3 Å². The Labute approximate surface area is 169 Å². The van der Waals surface area contributed by atoms with Crippen LogP contribution in [0.2, 0.25) is 0 Å². The van der Waals surface area contributed by atoms with E-state index in [1.807, 2.05) is 54.6 Å². The molecule has 2 aromatic heterocycles. The first-order valence-electron chi connectivity index (χ1n) is 9.45. The van der Waals surface area contributed by atoms with E-state index in [9.17, 15) is 10.1 Å². The molecule has 4 rings (SSSR count).